The molecule has 0 bridgehead atoms. The molecule has 5 atom stereocenters. The van der Waals surface area contributed by atoms with E-state index in [9.17, 15) is 15.3 Å². The zero-order valence-electron chi connectivity index (χ0n) is 13.5. The molecule has 0 radical (unpaired) electrons. The Balaban J connectivity index is 2.63. The summed E-state index contributed by atoms with van der Waals surface area (Å²) in [5.41, 5.74) is 0. The van der Waals surface area contributed by atoms with Crippen molar-refractivity contribution in [1.29, 1.82) is 0 Å². The van der Waals surface area contributed by atoms with E-state index in [-0.39, 0.29) is 6.61 Å². The Morgan fingerprint density at radius 1 is 1.10 bits per heavy atom. The molecule has 0 amide bonds. The largest absolute Gasteiger partial charge is 0.394 e. The Labute approximate surface area is 127 Å². The number of nitrogens with one attached hydrogen (secondary N) is 1. The average Bonchev–Trinajstić information content (AvgIpc) is 2.41. The van der Waals surface area contributed by atoms with Gasteiger partial charge < -0.3 is 30.1 Å². The third kappa shape index (κ3) is 5.81. The molecule has 126 valence electrons. The molecule has 1 rings (SSSR count). The summed E-state index contributed by atoms with van der Waals surface area (Å²) in [6, 6.07) is -0.563. The topological polar surface area (TPSA) is 91.2 Å². The van der Waals surface area contributed by atoms with Crippen molar-refractivity contribution < 1.29 is 24.8 Å². The molecule has 0 aliphatic carbocycles. The van der Waals surface area contributed by atoms with Gasteiger partial charge in [-0.15, -0.1) is 0 Å². The third-order valence-corrected chi connectivity index (χ3v) is 3.58. The van der Waals surface area contributed by atoms with Crippen molar-refractivity contribution in [3.05, 3.63) is 0 Å². The standard InChI is InChI=1S/C15H31NO5/c1-9(2)5-6-16-12-13(18)11(7-17)21-15(14(12)19)20-8-10(3)4/h9-19H,5-8H2,1-4H3/t11-,12+,13-,14-,15+/m1/s1. The minimum Gasteiger partial charge on any atom is -0.394 e. The molecular weight excluding hydrogens is 274 g/mol. The summed E-state index contributed by atoms with van der Waals surface area (Å²) in [4.78, 5) is 0. The van der Waals surface area contributed by atoms with Gasteiger partial charge >= 0.3 is 0 Å². The van der Waals surface area contributed by atoms with Crippen molar-refractivity contribution in [1.82, 2.24) is 5.32 Å². The highest BCUT2D eigenvalue weighted by molar-refractivity contribution is 4.94. The minimum atomic E-state index is -0.964. The number of hydrogen-bond donors (Lipinski definition) is 4. The summed E-state index contributed by atoms with van der Waals surface area (Å²) in [6.45, 7) is 9.07. The fourth-order valence-electron chi connectivity index (χ4n) is 2.29. The normalized spacial score (nSPS) is 33.9. The predicted molar refractivity (Wildman–Crippen MR) is 79.8 cm³/mol. The van der Waals surface area contributed by atoms with Crippen LogP contribution in [0.25, 0.3) is 0 Å². The molecule has 0 saturated carbocycles. The smallest absolute Gasteiger partial charge is 0.185 e. The fraction of sp³-hybridized carbons (Fsp3) is 1.00. The van der Waals surface area contributed by atoms with Crippen LogP contribution in [-0.4, -0.2) is 65.7 Å². The summed E-state index contributed by atoms with van der Waals surface area (Å²) >= 11 is 0. The van der Waals surface area contributed by atoms with Gasteiger partial charge in [-0.05, 0) is 24.8 Å². The van der Waals surface area contributed by atoms with Crippen molar-refractivity contribution in [3.8, 4) is 0 Å². The van der Waals surface area contributed by atoms with E-state index in [1.165, 1.54) is 0 Å². The van der Waals surface area contributed by atoms with Gasteiger partial charge in [0.05, 0.1) is 19.3 Å². The maximum Gasteiger partial charge on any atom is 0.185 e. The number of ether oxygens (including phenoxy) is 2. The Morgan fingerprint density at radius 3 is 2.29 bits per heavy atom. The summed E-state index contributed by atoms with van der Waals surface area (Å²) in [5.74, 6) is 0.848. The lowest BCUT2D eigenvalue weighted by Gasteiger charge is -2.42. The molecule has 1 aliphatic rings. The second-order valence-corrected chi connectivity index (χ2v) is 6.60. The van der Waals surface area contributed by atoms with E-state index in [4.69, 9.17) is 9.47 Å². The number of aliphatic hydroxyl groups is 3. The molecule has 6 heteroatoms. The van der Waals surface area contributed by atoms with E-state index in [0.29, 0.717) is 25.0 Å². The molecule has 0 aromatic carbocycles. The van der Waals surface area contributed by atoms with Crippen LogP contribution in [0, 0.1) is 11.8 Å². The van der Waals surface area contributed by atoms with Crippen molar-refractivity contribution in [3.63, 3.8) is 0 Å². The lowest BCUT2D eigenvalue weighted by molar-refractivity contribution is -0.281. The Bertz CT molecular complexity index is 287. The maximum absolute atomic E-state index is 10.3. The highest BCUT2D eigenvalue weighted by atomic mass is 16.7. The van der Waals surface area contributed by atoms with Crippen LogP contribution < -0.4 is 5.32 Å². The van der Waals surface area contributed by atoms with E-state index in [1.54, 1.807) is 0 Å². The molecular formula is C15H31NO5. The van der Waals surface area contributed by atoms with Gasteiger partial charge in [0.15, 0.2) is 6.29 Å². The first kappa shape index (κ1) is 18.8. The molecule has 1 aliphatic heterocycles. The first-order valence-electron chi connectivity index (χ1n) is 7.84. The number of aliphatic hydroxyl groups excluding tert-OH is 3. The predicted octanol–water partition coefficient (Wildman–Crippen LogP) is 0.102. The zero-order valence-corrected chi connectivity index (χ0v) is 13.5. The van der Waals surface area contributed by atoms with Gasteiger partial charge in [-0.1, -0.05) is 27.7 Å². The lowest BCUT2D eigenvalue weighted by Crippen LogP contribution is -2.64. The van der Waals surface area contributed by atoms with Gasteiger partial charge in [0, 0.05) is 0 Å². The third-order valence-electron chi connectivity index (χ3n) is 3.58. The summed E-state index contributed by atoms with van der Waals surface area (Å²) in [5, 5.41) is 33.0. The van der Waals surface area contributed by atoms with E-state index in [2.05, 4.69) is 19.2 Å². The highest BCUT2D eigenvalue weighted by Gasteiger charge is 2.44. The Morgan fingerprint density at radius 2 is 1.76 bits per heavy atom. The SMILES string of the molecule is CC(C)CCN[C@@H]1[C@@H](O)[C@@H](OCC(C)C)O[C@H](CO)[C@H]1O. The zero-order chi connectivity index (χ0) is 16.0. The van der Waals surface area contributed by atoms with Crippen molar-refractivity contribution >= 4 is 0 Å². The highest BCUT2D eigenvalue weighted by Crippen LogP contribution is 2.22. The van der Waals surface area contributed by atoms with Gasteiger partial charge in [0.1, 0.15) is 18.3 Å². The van der Waals surface area contributed by atoms with Crippen molar-refractivity contribution in [2.24, 2.45) is 11.8 Å². The second kappa shape index (κ2) is 9.02. The van der Waals surface area contributed by atoms with Crippen LogP contribution >= 0.6 is 0 Å². The Kier molecular flexibility index (Phi) is 8.08. The van der Waals surface area contributed by atoms with Crippen LogP contribution in [-0.2, 0) is 9.47 Å². The van der Waals surface area contributed by atoms with Gasteiger partial charge in [-0.25, -0.2) is 0 Å². The molecule has 0 unspecified atom stereocenters. The number of hydrogen-bond acceptors (Lipinski definition) is 6. The van der Waals surface area contributed by atoms with E-state index in [0.717, 1.165) is 6.42 Å². The van der Waals surface area contributed by atoms with Gasteiger partial charge in [0.2, 0.25) is 0 Å². The molecule has 6 nitrogen and oxygen atoms in total. The average molecular weight is 305 g/mol. The van der Waals surface area contributed by atoms with Crippen LogP contribution in [0.1, 0.15) is 34.1 Å². The molecule has 0 spiro atoms. The molecule has 1 heterocycles. The monoisotopic (exact) mass is 305 g/mol. The van der Waals surface area contributed by atoms with Crippen LogP contribution in [0.3, 0.4) is 0 Å². The van der Waals surface area contributed by atoms with Crippen LogP contribution in [0.4, 0.5) is 0 Å². The van der Waals surface area contributed by atoms with Gasteiger partial charge in [0.25, 0.3) is 0 Å². The maximum atomic E-state index is 10.3. The van der Waals surface area contributed by atoms with Gasteiger partial charge in [-0.3, -0.25) is 0 Å². The van der Waals surface area contributed by atoms with E-state index < -0.39 is 30.6 Å². The molecule has 1 fully saturated rings. The molecule has 4 N–H and O–H groups in total. The fourth-order valence-corrected chi connectivity index (χ4v) is 2.29. The van der Waals surface area contributed by atoms with Crippen LogP contribution in [0.15, 0.2) is 0 Å². The first-order valence-corrected chi connectivity index (χ1v) is 7.84. The van der Waals surface area contributed by atoms with E-state index in [1.807, 2.05) is 13.8 Å². The molecule has 0 aromatic rings. The second-order valence-electron chi connectivity index (χ2n) is 6.60. The van der Waals surface area contributed by atoms with Crippen molar-refractivity contribution in [2.75, 3.05) is 19.8 Å². The van der Waals surface area contributed by atoms with Gasteiger partial charge in [-0.2, -0.15) is 0 Å². The van der Waals surface area contributed by atoms with Crippen molar-refractivity contribution in [2.45, 2.75) is 64.8 Å². The summed E-state index contributed by atoms with van der Waals surface area (Å²) < 4.78 is 11.0. The molecule has 0 aromatic heterocycles. The summed E-state index contributed by atoms with van der Waals surface area (Å²) in [7, 11) is 0. The van der Waals surface area contributed by atoms with E-state index >= 15 is 0 Å². The number of rotatable bonds is 8. The lowest BCUT2D eigenvalue weighted by atomic mass is 9.96. The quantitative estimate of drug-likeness (QED) is 0.508. The molecule has 1 saturated heterocycles. The Hall–Kier alpha value is -0.240. The minimum absolute atomic E-state index is 0.308. The molecule has 21 heavy (non-hydrogen) atoms. The first-order chi connectivity index (χ1) is 9.86. The summed E-state index contributed by atoms with van der Waals surface area (Å²) in [6.07, 6.45) is -2.56. The van der Waals surface area contributed by atoms with Crippen LogP contribution in [0.5, 0.6) is 0 Å². The van der Waals surface area contributed by atoms with Crippen LogP contribution in [0.2, 0.25) is 0 Å².